The van der Waals surface area contributed by atoms with Crippen LogP contribution in [0.3, 0.4) is 0 Å². The van der Waals surface area contributed by atoms with Crippen molar-refractivity contribution in [1.82, 2.24) is 0 Å². The van der Waals surface area contributed by atoms with Gasteiger partial charge < -0.3 is 9.29 Å². The van der Waals surface area contributed by atoms with Crippen molar-refractivity contribution in [3.63, 3.8) is 0 Å². The van der Waals surface area contributed by atoms with Crippen LogP contribution in [0.4, 0.5) is 0 Å². The van der Waals surface area contributed by atoms with Crippen LogP contribution in [0.25, 0.3) is 10.8 Å². The summed E-state index contributed by atoms with van der Waals surface area (Å²) >= 11 is 0. The van der Waals surface area contributed by atoms with Gasteiger partial charge in [0.25, 0.3) is 0 Å². The lowest BCUT2D eigenvalue weighted by Gasteiger charge is -2.09. The molecule has 0 saturated carbocycles. The molecule has 7 heteroatoms. The molecule has 3 aromatic rings. The molecule has 0 bridgehead atoms. The summed E-state index contributed by atoms with van der Waals surface area (Å²) in [4.78, 5) is 23.6. The van der Waals surface area contributed by atoms with Crippen molar-refractivity contribution in [2.45, 2.75) is 11.8 Å². The minimum atomic E-state index is -4.29. The van der Waals surface area contributed by atoms with E-state index in [0.717, 1.165) is 5.56 Å². The second kappa shape index (κ2) is 6.61. The lowest BCUT2D eigenvalue weighted by atomic mass is 10.00. The summed E-state index contributed by atoms with van der Waals surface area (Å²) in [6, 6.07) is 14.7. The fraction of sp³-hybridized carbons (Fsp3) is 0.0526. The van der Waals surface area contributed by atoms with E-state index in [1.165, 1.54) is 30.3 Å². The van der Waals surface area contributed by atoms with E-state index in [1.54, 1.807) is 37.3 Å². The first-order valence-corrected chi connectivity index (χ1v) is 9.01. The molecule has 3 rings (SSSR count). The summed E-state index contributed by atoms with van der Waals surface area (Å²) in [6.07, 6.45) is 0. The van der Waals surface area contributed by atoms with E-state index in [0.29, 0.717) is 10.8 Å². The number of rotatable bonds is 4. The molecule has 0 saturated heterocycles. The molecule has 0 aromatic heterocycles. The molecule has 0 heterocycles. The Morgan fingerprint density at radius 1 is 0.846 bits per heavy atom. The number of carboxylic acid groups (broad SMARTS) is 1. The first kappa shape index (κ1) is 17.6. The number of hydrogen-bond acceptors (Lipinski definition) is 5. The Morgan fingerprint density at radius 3 is 1.96 bits per heavy atom. The Bertz CT molecular complexity index is 1110. The van der Waals surface area contributed by atoms with Crippen LogP contribution in [-0.2, 0) is 14.3 Å². The van der Waals surface area contributed by atoms with E-state index in [9.17, 15) is 23.1 Å². The summed E-state index contributed by atoms with van der Waals surface area (Å²) in [5.41, 5.74) is 0.852. The summed E-state index contributed by atoms with van der Waals surface area (Å²) in [7, 11) is -4.29. The highest BCUT2D eigenvalue weighted by atomic mass is 32.2. The second-order valence-corrected chi connectivity index (χ2v) is 7.20. The molecule has 0 fully saturated rings. The predicted octanol–water partition coefficient (Wildman–Crippen LogP) is 3.39. The van der Waals surface area contributed by atoms with E-state index >= 15 is 0 Å². The van der Waals surface area contributed by atoms with Gasteiger partial charge in [0.05, 0.1) is 11.1 Å². The van der Waals surface area contributed by atoms with Gasteiger partial charge in [-0.25, -0.2) is 9.59 Å². The third kappa shape index (κ3) is 3.29. The Labute approximate surface area is 149 Å². The average Bonchev–Trinajstić information content (AvgIpc) is 2.60. The molecular formula is C19H14O6S. The second-order valence-electron chi connectivity index (χ2n) is 5.65. The van der Waals surface area contributed by atoms with Crippen molar-refractivity contribution in [1.29, 1.82) is 0 Å². The number of carbonyl (C=O) groups is 2. The van der Waals surface area contributed by atoms with E-state index in [4.69, 9.17) is 4.18 Å². The van der Waals surface area contributed by atoms with Gasteiger partial charge in [-0.1, -0.05) is 42.0 Å². The molecule has 132 valence electrons. The molecule has 0 radical (unpaired) electrons. The molecule has 0 spiro atoms. The molecule has 3 aromatic carbocycles. The normalized spacial score (nSPS) is 11.3. The van der Waals surface area contributed by atoms with Crippen LogP contribution in [0.2, 0.25) is 0 Å². The number of benzene rings is 3. The predicted molar refractivity (Wildman–Crippen MR) is 94.7 cm³/mol. The van der Waals surface area contributed by atoms with E-state index in [-0.39, 0.29) is 16.0 Å². The molecule has 0 aliphatic rings. The van der Waals surface area contributed by atoms with Gasteiger partial charge in [0.1, 0.15) is 4.90 Å². The zero-order valence-electron chi connectivity index (χ0n) is 13.7. The number of carbonyl (C=O) groups excluding carboxylic acids is 1. The average molecular weight is 370 g/mol. The van der Waals surface area contributed by atoms with Crippen molar-refractivity contribution >= 4 is 32.8 Å². The van der Waals surface area contributed by atoms with Gasteiger partial charge in [-0.15, -0.1) is 0 Å². The van der Waals surface area contributed by atoms with Gasteiger partial charge in [0.15, 0.2) is 0 Å². The Balaban J connectivity index is 2.02. The Morgan fingerprint density at radius 2 is 1.38 bits per heavy atom. The van der Waals surface area contributed by atoms with Crippen LogP contribution in [0, 0.1) is 6.92 Å². The van der Waals surface area contributed by atoms with Gasteiger partial charge in [-0.2, -0.15) is 8.42 Å². The fourth-order valence-electron chi connectivity index (χ4n) is 2.56. The zero-order chi connectivity index (χ0) is 18.9. The summed E-state index contributed by atoms with van der Waals surface area (Å²) in [5.74, 6) is -2.22. The van der Waals surface area contributed by atoms with Crippen molar-refractivity contribution in [2.24, 2.45) is 0 Å². The fourth-order valence-corrected chi connectivity index (χ4v) is 3.42. The van der Waals surface area contributed by atoms with Gasteiger partial charge >= 0.3 is 22.1 Å². The standard InChI is InChI=1S/C19H14O6S/c1-12-6-8-13(9-7-12)26(23,24)25-19(22)17-11-10-16(18(20)21)14-4-2-3-5-15(14)17/h2-11H,1H3,(H,20,21). The quantitative estimate of drug-likeness (QED) is 0.707. The zero-order valence-corrected chi connectivity index (χ0v) is 14.5. The van der Waals surface area contributed by atoms with Crippen molar-refractivity contribution < 1.29 is 27.3 Å². The highest BCUT2D eigenvalue weighted by Gasteiger charge is 2.23. The van der Waals surface area contributed by atoms with Gasteiger partial charge in [0, 0.05) is 0 Å². The van der Waals surface area contributed by atoms with Gasteiger partial charge in [-0.3, -0.25) is 0 Å². The number of hydrogen-bond donors (Lipinski definition) is 1. The molecule has 0 atom stereocenters. The Hall–Kier alpha value is -3.19. The summed E-state index contributed by atoms with van der Waals surface area (Å²) in [5, 5.41) is 9.88. The SMILES string of the molecule is Cc1ccc(S(=O)(=O)OC(=O)c2ccc(C(=O)O)c3ccccc23)cc1. The molecule has 6 nitrogen and oxygen atoms in total. The molecule has 0 aliphatic carbocycles. The van der Waals surface area contributed by atoms with Crippen molar-refractivity contribution in [2.75, 3.05) is 0 Å². The van der Waals surface area contributed by atoms with E-state index < -0.39 is 22.1 Å². The maximum Gasteiger partial charge on any atom is 0.354 e. The number of aryl methyl sites for hydroxylation is 1. The minimum absolute atomic E-state index is 0.0125. The molecule has 26 heavy (non-hydrogen) atoms. The molecule has 0 amide bonds. The van der Waals surface area contributed by atoms with E-state index in [1.807, 2.05) is 0 Å². The monoisotopic (exact) mass is 370 g/mol. The highest BCUT2D eigenvalue weighted by Crippen LogP contribution is 2.25. The third-order valence-electron chi connectivity index (χ3n) is 3.87. The summed E-state index contributed by atoms with van der Waals surface area (Å²) in [6.45, 7) is 1.80. The van der Waals surface area contributed by atoms with Crippen LogP contribution in [0.5, 0.6) is 0 Å². The molecule has 1 N–H and O–H groups in total. The first-order valence-electron chi connectivity index (χ1n) is 7.60. The lowest BCUT2D eigenvalue weighted by molar-refractivity contribution is 0.0695. The van der Waals surface area contributed by atoms with Crippen molar-refractivity contribution in [3.8, 4) is 0 Å². The first-order chi connectivity index (χ1) is 12.3. The van der Waals surface area contributed by atoms with Crippen molar-refractivity contribution in [3.05, 3.63) is 77.4 Å². The van der Waals surface area contributed by atoms with Crippen LogP contribution in [-0.4, -0.2) is 25.5 Å². The summed E-state index contributed by atoms with van der Waals surface area (Å²) < 4.78 is 29.3. The lowest BCUT2D eigenvalue weighted by Crippen LogP contribution is -2.14. The maximum atomic E-state index is 12.4. The number of carboxylic acids is 1. The van der Waals surface area contributed by atoms with Crippen LogP contribution >= 0.6 is 0 Å². The van der Waals surface area contributed by atoms with Crippen LogP contribution in [0.1, 0.15) is 26.3 Å². The number of aromatic carboxylic acids is 1. The van der Waals surface area contributed by atoms with Crippen LogP contribution in [0.15, 0.2) is 65.6 Å². The van der Waals surface area contributed by atoms with Gasteiger partial charge in [0.2, 0.25) is 0 Å². The number of fused-ring (bicyclic) bond motifs is 1. The Kier molecular flexibility index (Phi) is 4.48. The molecular weight excluding hydrogens is 356 g/mol. The van der Waals surface area contributed by atoms with Gasteiger partial charge in [-0.05, 0) is 42.0 Å². The molecule has 0 unspecified atom stereocenters. The highest BCUT2D eigenvalue weighted by molar-refractivity contribution is 7.87. The minimum Gasteiger partial charge on any atom is -0.478 e. The van der Waals surface area contributed by atoms with Crippen LogP contribution < -0.4 is 0 Å². The maximum absolute atomic E-state index is 12.4. The largest absolute Gasteiger partial charge is 0.478 e. The molecule has 0 aliphatic heterocycles. The third-order valence-corrected chi connectivity index (χ3v) is 5.09. The smallest absolute Gasteiger partial charge is 0.354 e. The van der Waals surface area contributed by atoms with E-state index in [2.05, 4.69) is 0 Å². The topological polar surface area (TPSA) is 97.7 Å².